The van der Waals surface area contributed by atoms with Crippen molar-refractivity contribution in [3.8, 4) is 17.0 Å². The van der Waals surface area contributed by atoms with E-state index in [0.29, 0.717) is 17.9 Å². The van der Waals surface area contributed by atoms with Crippen LogP contribution in [0.25, 0.3) is 11.3 Å². The predicted octanol–water partition coefficient (Wildman–Crippen LogP) is 1.21. The maximum absolute atomic E-state index is 12.1. The molecule has 1 aliphatic heterocycles. The van der Waals surface area contributed by atoms with Crippen LogP contribution in [0.5, 0.6) is 5.75 Å². The molecule has 1 saturated heterocycles. The molecule has 112 valence electrons. The number of nitrogens with zero attached hydrogens (tertiary/aromatic N) is 1. The summed E-state index contributed by atoms with van der Waals surface area (Å²) in [7, 11) is -1.47. The zero-order valence-corrected chi connectivity index (χ0v) is 12.4. The number of aromatic amines is 1. The molecule has 1 unspecified atom stereocenters. The molecule has 1 fully saturated rings. The van der Waals surface area contributed by atoms with Gasteiger partial charge in [-0.15, -0.1) is 0 Å². The van der Waals surface area contributed by atoms with Crippen LogP contribution in [0.2, 0.25) is 0 Å². The van der Waals surface area contributed by atoms with Gasteiger partial charge in [-0.3, -0.25) is 9.89 Å². The van der Waals surface area contributed by atoms with Crippen LogP contribution in [0.1, 0.15) is 12.5 Å². The van der Waals surface area contributed by atoms with Crippen molar-refractivity contribution in [1.82, 2.24) is 9.78 Å². The van der Waals surface area contributed by atoms with Crippen LogP contribution in [0.4, 0.5) is 0 Å². The zero-order valence-electron chi connectivity index (χ0n) is 11.6. The average Bonchev–Trinajstić information content (AvgIpc) is 3.01. The van der Waals surface area contributed by atoms with E-state index < -0.39 is 9.84 Å². The molecule has 3 rings (SSSR count). The molecular weight excluding hydrogens is 292 g/mol. The summed E-state index contributed by atoms with van der Waals surface area (Å²) in [6, 6.07) is 8.52. The molecule has 0 amide bonds. The minimum atomic E-state index is -3.03. The highest BCUT2D eigenvalue weighted by Gasteiger charge is 2.30. The van der Waals surface area contributed by atoms with Gasteiger partial charge in [-0.25, -0.2) is 13.1 Å². The Labute approximate surface area is 122 Å². The zero-order chi connectivity index (χ0) is 15.0. The molecule has 1 aromatic carbocycles. The summed E-state index contributed by atoms with van der Waals surface area (Å²) in [5.41, 5.74) is 1.18. The number of rotatable bonds is 3. The fraction of sp³-hybridized carbons (Fsp3) is 0.357. The van der Waals surface area contributed by atoms with Crippen molar-refractivity contribution in [2.45, 2.75) is 12.5 Å². The molecule has 2 heterocycles. The maximum atomic E-state index is 12.1. The molecule has 0 spiro atoms. The first kappa shape index (κ1) is 13.9. The van der Waals surface area contributed by atoms with E-state index in [4.69, 9.17) is 4.74 Å². The molecule has 6 nitrogen and oxygen atoms in total. The summed E-state index contributed by atoms with van der Waals surface area (Å²) < 4.78 is 29.8. The summed E-state index contributed by atoms with van der Waals surface area (Å²) in [6.45, 7) is 0. The second kappa shape index (κ2) is 5.07. The third-order valence-electron chi connectivity index (χ3n) is 3.72. The van der Waals surface area contributed by atoms with Gasteiger partial charge in [0.25, 0.3) is 5.56 Å². The Morgan fingerprint density at radius 2 is 2.10 bits per heavy atom. The fourth-order valence-corrected chi connectivity index (χ4v) is 4.37. The number of benzene rings is 1. The Morgan fingerprint density at radius 1 is 1.33 bits per heavy atom. The molecule has 0 saturated carbocycles. The third kappa shape index (κ3) is 2.61. The van der Waals surface area contributed by atoms with Crippen LogP contribution in [0, 0.1) is 0 Å². The first-order valence-corrected chi connectivity index (χ1v) is 8.48. The number of nitrogens with one attached hydrogen (secondary N) is 1. The fourth-order valence-electron chi connectivity index (χ4n) is 2.67. The number of methoxy groups -OCH3 is 1. The lowest BCUT2D eigenvalue weighted by Gasteiger charge is -2.09. The van der Waals surface area contributed by atoms with Crippen LogP contribution in [-0.4, -0.2) is 36.8 Å². The molecule has 1 atom stereocenters. The summed E-state index contributed by atoms with van der Waals surface area (Å²) in [5.74, 6) is 0.802. The molecular formula is C14H16N2O4S. The molecule has 1 N–H and O–H groups in total. The normalized spacial score (nSPS) is 20.5. The highest BCUT2D eigenvalue weighted by molar-refractivity contribution is 7.91. The standard InChI is InChI=1S/C14H16N2O4S/c1-20-13-5-3-2-4-11(13)12-8-14(17)16(15-12)10-6-7-21(18,19)9-10/h2-5,8,10,15H,6-7,9H2,1H3. The molecule has 1 aliphatic rings. The Morgan fingerprint density at radius 3 is 2.76 bits per heavy atom. The van der Waals surface area contributed by atoms with Gasteiger partial charge < -0.3 is 4.74 Å². The van der Waals surface area contributed by atoms with Gasteiger partial charge in [-0.2, -0.15) is 0 Å². The monoisotopic (exact) mass is 308 g/mol. The molecule has 0 radical (unpaired) electrons. The Balaban J connectivity index is 2.01. The number of hydrogen-bond donors (Lipinski definition) is 1. The van der Waals surface area contributed by atoms with E-state index in [1.807, 2.05) is 24.3 Å². The van der Waals surface area contributed by atoms with Crippen LogP contribution < -0.4 is 10.3 Å². The molecule has 1 aromatic heterocycles. The number of H-pyrrole nitrogens is 1. The summed E-state index contributed by atoms with van der Waals surface area (Å²) in [6.07, 6.45) is 0.466. The van der Waals surface area contributed by atoms with Gasteiger partial charge >= 0.3 is 0 Å². The summed E-state index contributed by atoms with van der Waals surface area (Å²) in [4.78, 5) is 12.1. The number of ether oxygens (including phenoxy) is 1. The average molecular weight is 308 g/mol. The molecule has 0 bridgehead atoms. The number of para-hydroxylation sites is 1. The van der Waals surface area contributed by atoms with Gasteiger partial charge in [0, 0.05) is 11.6 Å². The second-order valence-corrected chi connectivity index (χ2v) is 7.36. The Kier molecular flexibility index (Phi) is 3.36. The van der Waals surface area contributed by atoms with Crippen molar-refractivity contribution in [3.63, 3.8) is 0 Å². The minimum Gasteiger partial charge on any atom is -0.496 e. The highest BCUT2D eigenvalue weighted by atomic mass is 32.2. The molecule has 7 heteroatoms. The van der Waals surface area contributed by atoms with Crippen LogP contribution in [0.3, 0.4) is 0 Å². The Hall–Kier alpha value is -2.02. The van der Waals surface area contributed by atoms with E-state index in [9.17, 15) is 13.2 Å². The van der Waals surface area contributed by atoms with Gasteiger partial charge in [0.05, 0.1) is 30.4 Å². The SMILES string of the molecule is COc1ccccc1-c1cc(=O)n(C2CCS(=O)(=O)C2)[nH]1. The summed E-state index contributed by atoms with van der Waals surface area (Å²) in [5, 5.41) is 3.01. The Bertz CT molecular complexity index is 819. The third-order valence-corrected chi connectivity index (χ3v) is 5.47. The quantitative estimate of drug-likeness (QED) is 0.924. The van der Waals surface area contributed by atoms with E-state index in [-0.39, 0.29) is 23.1 Å². The van der Waals surface area contributed by atoms with Crippen LogP contribution in [-0.2, 0) is 9.84 Å². The van der Waals surface area contributed by atoms with Gasteiger partial charge in [-0.05, 0) is 18.6 Å². The van der Waals surface area contributed by atoms with Crippen molar-refractivity contribution in [1.29, 1.82) is 0 Å². The largest absolute Gasteiger partial charge is 0.496 e. The van der Waals surface area contributed by atoms with Gasteiger partial charge in [0.15, 0.2) is 9.84 Å². The number of sulfone groups is 1. The van der Waals surface area contributed by atoms with E-state index in [1.165, 1.54) is 10.7 Å². The maximum Gasteiger partial charge on any atom is 0.267 e. The molecule has 2 aromatic rings. The lowest BCUT2D eigenvalue weighted by atomic mass is 10.1. The van der Waals surface area contributed by atoms with Crippen molar-refractivity contribution in [2.24, 2.45) is 0 Å². The predicted molar refractivity (Wildman–Crippen MR) is 79.3 cm³/mol. The first-order chi connectivity index (χ1) is 10.00. The van der Waals surface area contributed by atoms with E-state index in [0.717, 1.165) is 5.56 Å². The van der Waals surface area contributed by atoms with E-state index in [1.54, 1.807) is 7.11 Å². The molecule has 0 aliphatic carbocycles. The van der Waals surface area contributed by atoms with Crippen molar-refractivity contribution >= 4 is 9.84 Å². The van der Waals surface area contributed by atoms with Gasteiger partial charge in [0.1, 0.15) is 5.75 Å². The lowest BCUT2D eigenvalue weighted by Crippen LogP contribution is -2.22. The summed E-state index contributed by atoms with van der Waals surface area (Å²) >= 11 is 0. The van der Waals surface area contributed by atoms with E-state index >= 15 is 0 Å². The van der Waals surface area contributed by atoms with Crippen molar-refractivity contribution in [3.05, 3.63) is 40.7 Å². The molecule has 21 heavy (non-hydrogen) atoms. The number of hydrogen-bond acceptors (Lipinski definition) is 4. The second-order valence-electron chi connectivity index (χ2n) is 5.14. The topological polar surface area (TPSA) is 81.2 Å². The van der Waals surface area contributed by atoms with Crippen LogP contribution in [0.15, 0.2) is 35.1 Å². The number of aromatic nitrogens is 2. The lowest BCUT2D eigenvalue weighted by molar-refractivity contribution is 0.416. The van der Waals surface area contributed by atoms with Gasteiger partial charge in [-0.1, -0.05) is 12.1 Å². The minimum absolute atomic E-state index is 0.0127. The van der Waals surface area contributed by atoms with Crippen molar-refractivity contribution < 1.29 is 13.2 Å². The van der Waals surface area contributed by atoms with Crippen molar-refractivity contribution in [2.75, 3.05) is 18.6 Å². The first-order valence-electron chi connectivity index (χ1n) is 6.65. The van der Waals surface area contributed by atoms with Crippen LogP contribution >= 0.6 is 0 Å². The highest BCUT2D eigenvalue weighted by Crippen LogP contribution is 2.28. The van der Waals surface area contributed by atoms with Gasteiger partial charge in [0.2, 0.25) is 0 Å². The van der Waals surface area contributed by atoms with E-state index in [2.05, 4.69) is 5.10 Å². The smallest absolute Gasteiger partial charge is 0.267 e.